The highest BCUT2D eigenvalue weighted by Crippen LogP contribution is 2.29. The molecule has 1 nitrogen and oxygen atoms in total. The Labute approximate surface area is 96.3 Å². The third-order valence-corrected chi connectivity index (χ3v) is 2.90. The molecule has 1 atom stereocenters. The molecule has 0 saturated heterocycles. The van der Waals surface area contributed by atoms with Gasteiger partial charge in [-0.25, -0.2) is 0 Å². The normalized spacial score (nSPS) is 14.2. The molecule has 0 aliphatic rings. The molecule has 0 fully saturated rings. The van der Waals surface area contributed by atoms with E-state index in [4.69, 9.17) is 5.11 Å². The van der Waals surface area contributed by atoms with Crippen LogP contribution in [0.1, 0.15) is 72.6 Å². The molecule has 0 bridgehead atoms. The average molecular weight is 214 g/mol. The molecule has 0 unspecified atom stereocenters. The summed E-state index contributed by atoms with van der Waals surface area (Å²) in [7, 11) is 0. The minimum Gasteiger partial charge on any atom is -0.396 e. The fourth-order valence-corrected chi connectivity index (χ4v) is 2.26. The Bertz CT molecular complexity index is 135. The van der Waals surface area contributed by atoms with E-state index in [2.05, 4.69) is 27.7 Å². The van der Waals surface area contributed by atoms with Gasteiger partial charge >= 0.3 is 0 Å². The Balaban J connectivity index is 3.73. The summed E-state index contributed by atoms with van der Waals surface area (Å²) in [5.41, 5.74) is 0.407. The molecule has 0 amide bonds. The van der Waals surface area contributed by atoms with Crippen molar-refractivity contribution in [3.05, 3.63) is 0 Å². The van der Waals surface area contributed by atoms with Gasteiger partial charge in [-0.15, -0.1) is 0 Å². The van der Waals surface area contributed by atoms with Crippen LogP contribution >= 0.6 is 0 Å². The van der Waals surface area contributed by atoms with Crippen molar-refractivity contribution < 1.29 is 5.11 Å². The monoisotopic (exact) mass is 214 g/mol. The quantitative estimate of drug-likeness (QED) is 0.594. The van der Waals surface area contributed by atoms with Crippen LogP contribution < -0.4 is 0 Å². The molecular formula is C14H30O. The zero-order valence-corrected chi connectivity index (χ0v) is 11.2. The summed E-state index contributed by atoms with van der Waals surface area (Å²) in [6.45, 7) is 9.49. The Morgan fingerprint density at radius 1 is 1.00 bits per heavy atom. The van der Waals surface area contributed by atoms with Crippen LogP contribution in [0.15, 0.2) is 0 Å². The fourth-order valence-electron chi connectivity index (χ4n) is 2.26. The van der Waals surface area contributed by atoms with Gasteiger partial charge in [-0.2, -0.15) is 0 Å². The van der Waals surface area contributed by atoms with Crippen LogP contribution in [0.4, 0.5) is 0 Å². The van der Waals surface area contributed by atoms with Crippen LogP contribution in [0.25, 0.3) is 0 Å². The molecule has 0 aliphatic heterocycles. The zero-order chi connectivity index (χ0) is 11.7. The Morgan fingerprint density at radius 2 is 1.67 bits per heavy atom. The molecule has 0 aromatic carbocycles. The van der Waals surface area contributed by atoms with Crippen LogP contribution in [0.5, 0.6) is 0 Å². The molecule has 15 heavy (non-hydrogen) atoms. The maximum Gasteiger partial charge on any atom is 0.0433 e. The van der Waals surface area contributed by atoms with Crippen molar-refractivity contribution in [3.63, 3.8) is 0 Å². The lowest BCUT2D eigenvalue weighted by atomic mass is 9.81. The van der Waals surface area contributed by atoms with E-state index in [0.717, 1.165) is 12.3 Å². The van der Waals surface area contributed by atoms with E-state index in [1.165, 1.54) is 38.5 Å². The predicted molar refractivity (Wildman–Crippen MR) is 68.0 cm³/mol. The first kappa shape index (κ1) is 15.0. The molecule has 92 valence electrons. The largest absolute Gasteiger partial charge is 0.396 e. The van der Waals surface area contributed by atoms with Gasteiger partial charge in [0.05, 0.1) is 0 Å². The van der Waals surface area contributed by atoms with Crippen molar-refractivity contribution in [1.82, 2.24) is 0 Å². The summed E-state index contributed by atoms with van der Waals surface area (Å²) in [5, 5.41) is 9.04. The van der Waals surface area contributed by atoms with Crippen molar-refractivity contribution in [2.45, 2.75) is 72.6 Å². The second-order valence-electron chi connectivity index (χ2n) is 5.99. The number of aliphatic hydroxyl groups is 1. The van der Waals surface area contributed by atoms with Crippen molar-refractivity contribution in [2.75, 3.05) is 6.61 Å². The van der Waals surface area contributed by atoms with Crippen LogP contribution in [0.2, 0.25) is 0 Å². The summed E-state index contributed by atoms with van der Waals surface area (Å²) >= 11 is 0. The van der Waals surface area contributed by atoms with Crippen LogP contribution in [-0.4, -0.2) is 11.7 Å². The summed E-state index contributed by atoms with van der Waals surface area (Å²) in [5.74, 6) is 0.729. The maximum atomic E-state index is 9.04. The molecular weight excluding hydrogens is 184 g/mol. The van der Waals surface area contributed by atoms with Gasteiger partial charge in [-0.05, 0) is 24.2 Å². The van der Waals surface area contributed by atoms with Gasteiger partial charge < -0.3 is 5.11 Å². The summed E-state index contributed by atoms with van der Waals surface area (Å²) in [6.07, 6.45) is 8.92. The predicted octanol–water partition coefficient (Wildman–Crippen LogP) is 4.39. The highest BCUT2D eigenvalue weighted by Gasteiger charge is 2.17. The Hall–Kier alpha value is -0.0400. The van der Waals surface area contributed by atoms with Gasteiger partial charge in [0.2, 0.25) is 0 Å². The van der Waals surface area contributed by atoms with Crippen molar-refractivity contribution in [1.29, 1.82) is 0 Å². The summed E-state index contributed by atoms with van der Waals surface area (Å²) < 4.78 is 0. The third-order valence-electron chi connectivity index (χ3n) is 2.90. The standard InChI is InChI=1S/C14H30O/c1-5-6-7-8-9-13(10-11-15)12-14(2,3)4/h13,15H,5-12H2,1-4H3/t13-/m0/s1. The second-order valence-corrected chi connectivity index (χ2v) is 5.99. The summed E-state index contributed by atoms with van der Waals surface area (Å²) in [4.78, 5) is 0. The van der Waals surface area contributed by atoms with Gasteiger partial charge in [0.1, 0.15) is 0 Å². The molecule has 0 radical (unpaired) electrons. The lowest BCUT2D eigenvalue weighted by Crippen LogP contribution is -2.14. The minimum atomic E-state index is 0.356. The third kappa shape index (κ3) is 10.2. The number of rotatable bonds is 8. The van der Waals surface area contributed by atoms with E-state index in [-0.39, 0.29) is 0 Å². The first-order valence-electron chi connectivity index (χ1n) is 6.60. The molecule has 0 heterocycles. The molecule has 0 saturated carbocycles. The van der Waals surface area contributed by atoms with Gasteiger partial charge in [0.15, 0.2) is 0 Å². The topological polar surface area (TPSA) is 20.2 Å². The first-order valence-corrected chi connectivity index (χ1v) is 6.60. The maximum absolute atomic E-state index is 9.04. The van der Waals surface area contributed by atoms with Crippen LogP contribution in [0, 0.1) is 11.3 Å². The molecule has 0 rings (SSSR count). The van der Waals surface area contributed by atoms with Crippen LogP contribution in [-0.2, 0) is 0 Å². The SMILES string of the molecule is CCCCCC[C@@H](CCO)CC(C)(C)C. The average Bonchev–Trinajstić information content (AvgIpc) is 2.10. The molecule has 0 aromatic heterocycles. The van der Waals surface area contributed by atoms with E-state index >= 15 is 0 Å². The van der Waals surface area contributed by atoms with E-state index in [9.17, 15) is 0 Å². The van der Waals surface area contributed by atoms with E-state index in [1.807, 2.05) is 0 Å². The van der Waals surface area contributed by atoms with Gasteiger partial charge in [-0.1, -0.05) is 59.8 Å². The van der Waals surface area contributed by atoms with Gasteiger partial charge in [-0.3, -0.25) is 0 Å². The molecule has 0 spiro atoms. The lowest BCUT2D eigenvalue weighted by Gasteiger charge is -2.25. The van der Waals surface area contributed by atoms with Crippen molar-refractivity contribution in [2.24, 2.45) is 11.3 Å². The number of hydrogen-bond donors (Lipinski definition) is 1. The minimum absolute atomic E-state index is 0.356. The lowest BCUT2D eigenvalue weighted by molar-refractivity contribution is 0.207. The molecule has 0 aliphatic carbocycles. The van der Waals surface area contributed by atoms with Crippen molar-refractivity contribution in [3.8, 4) is 0 Å². The van der Waals surface area contributed by atoms with E-state index in [0.29, 0.717) is 12.0 Å². The Kier molecular flexibility index (Phi) is 8.13. The molecule has 0 aromatic rings. The second kappa shape index (κ2) is 8.15. The highest BCUT2D eigenvalue weighted by atomic mass is 16.3. The number of unbranched alkanes of at least 4 members (excludes halogenated alkanes) is 3. The zero-order valence-electron chi connectivity index (χ0n) is 11.2. The number of hydrogen-bond acceptors (Lipinski definition) is 1. The fraction of sp³-hybridized carbons (Fsp3) is 1.00. The number of aliphatic hydroxyl groups excluding tert-OH is 1. The van der Waals surface area contributed by atoms with Crippen molar-refractivity contribution >= 4 is 0 Å². The Morgan fingerprint density at radius 3 is 2.13 bits per heavy atom. The van der Waals surface area contributed by atoms with Crippen LogP contribution in [0.3, 0.4) is 0 Å². The first-order chi connectivity index (χ1) is 6.99. The van der Waals surface area contributed by atoms with Gasteiger partial charge in [0, 0.05) is 6.61 Å². The molecule has 1 N–H and O–H groups in total. The smallest absolute Gasteiger partial charge is 0.0433 e. The van der Waals surface area contributed by atoms with Gasteiger partial charge in [0.25, 0.3) is 0 Å². The highest BCUT2D eigenvalue weighted by molar-refractivity contribution is 4.69. The van der Waals surface area contributed by atoms with E-state index < -0.39 is 0 Å². The summed E-state index contributed by atoms with van der Waals surface area (Å²) in [6, 6.07) is 0. The van der Waals surface area contributed by atoms with E-state index in [1.54, 1.807) is 0 Å². The molecule has 1 heteroatoms.